The molecule has 0 amide bonds. The Morgan fingerprint density at radius 1 is 0.583 bits per heavy atom. The van der Waals surface area contributed by atoms with E-state index in [9.17, 15) is 0 Å². The first kappa shape index (κ1) is 27.6. The highest BCUT2D eigenvalue weighted by Crippen LogP contribution is 2.32. The van der Waals surface area contributed by atoms with Gasteiger partial charge in [-0.05, 0) is 56.4 Å². The van der Waals surface area contributed by atoms with Crippen molar-refractivity contribution in [3.8, 4) is 22.5 Å². The highest BCUT2D eigenvalue weighted by atomic mass is 15.2. The van der Waals surface area contributed by atoms with Crippen LogP contribution < -0.4 is 9.80 Å². The third-order valence-electron chi connectivity index (χ3n) is 6.74. The lowest BCUT2D eigenvalue weighted by atomic mass is 10.0. The fourth-order valence-corrected chi connectivity index (χ4v) is 4.61. The molecule has 0 aliphatic carbocycles. The number of aromatic nitrogens is 3. The molecular formula is C31H45N5. The van der Waals surface area contributed by atoms with Crippen molar-refractivity contribution in [1.29, 1.82) is 0 Å². The molecule has 0 fully saturated rings. The van der Waals surface area contributed by atoms with Crippen LogP contribution in [-0.2, 0) is 0 Å². The highest BCUT2D eigenvalue weighted by Gasteiger charge is 2.17. The number of hydrogen-bond donors (Lipinski definition) is 0. The summed E-state index contributed by atoms with van der Waals surface area (Å²) in [4.78, 5) is 9.98. The molecule has 1 unspecified atom stereocenters. The van der Waals surface area contributed by atoms with Gasteiger partial charge >= 0.3 is 0 Å². The van der Waals surface area contributed by atoms with E-state index in [1.807, 2.05) is 0 Å². The summed E-state index contributed by atoms with van der Waals surface area (Å²) in [5, 5.41) is 9.26. The number of benzene rings is 2. The maximum absolute atomic E-state index is 5.06. The molecule has 3 rings (SSSR count). The van der Waals surface area contributed by atoms with Crippen molar-refractivity contribution in [1.82, 2.24) is 15.2 Å². The first-order valence-electron chi connectivity index (χ1n) is 14.0. The summed E-state index contributed by atoms with van der Waals surface area (Å²) in [6.45, 7) is 17.6. The van der Waals surface area contributed by atoms with E-state index in [1.54, 1.807) is 0 Å². The van der Waals surface area contributed by atoms with Crippen molar-refractivity contribution >= 4 is 11.4 Å². The van der Waals surface area contributed by atoms with Crippen molar-refractivity contribution in [2.45, 2.75) is 79.6 Å². The van der Waals surface area contributed by atoms with Gasteiger partial charge in [0, 0.05) is 54.6 Å². The van der Waals surface area contributed by atoms with E-state index >= 15 is 0 Å². The first-order chi connectivity index (χ1) is 17.6. The van der Waals surface area contributed by atoms with Gasteiger partial charge in [-0.3, -0.25) is 0 Å². The Hall–Kier alpha value is -2.95. The molecule has 0 aliphatic heterocycles. The summed E-state index contributed by atoms with van der Waals surface area (Å²) in [6, 6.07) is 17.6. The second-order valence-corrected chi connectivity index (χ2v) is 9.74. The van der Waals surface area contributed by atoms with Crippen LogP contribution in [0, 0.1) is 0 Å². The molecule has 5 heteroatoms. The van der Waals surface area contributed by atoms with Crippen LogP contribution in [0.25, 0.3) is 22.5 Å². The topological polar surface area (TPSA) is 45.2 Å². The number of nitrogens with zero attached hydrogens (tertiary/aromatic N) is 5. The fraction of sp³-hybridized carbons (Fsp3) is 0.516. The zero-order chi connectivity index (χ0) is 25.9. The van der Waals surface area contributed by atoms with Crippen molar-refractivity contribution in [3.63, 3.8) is 0 Å². The van der Waals surface area contributed by atoms with Crippen LogP contribution >= 0.6 is 0 Å². The van der Waals surface area contributed by atoms with E-state index in [4.69, 9.17) is 10.1 Å². The third-order valence-corrected chi connectivity index (χ3v) is 6.74. The van der Waals surface area contributed by atoms with Crippen molar-refractivity contribution in [2.75, 3.05) is 36.0 Å². The van der Waals surface area contributed by atoms with Crippen LogP contribution in [0.3, 0.4) is 0 Å². The van der Waals surface area contributed by atoms with Gasteiger partial charge in [0.05, 0.1) is 0 Å². The van der Waals surface area contributed by atoms with Gasteiger partial charge in [-0.25, -0.2) is 4.98 Å². The van der Waals surface area contributed by atoms with E-state index in [1.165, 1.54) is 11.4 Å². The first-order valence-corrected chi connectivity index (χ1v) is 14.0. The standard InChI is InChI=1S/C31H45N5/c1-7-20-35(21-8-2)27-16-12-25(13-17-27)29-30(33-34-31(32-29)24(6)11-5)26-14-18-28(19-15-26)36(22-9-3)23-10-4/h12-19,24H,7-11,20-23H2,1-6H3. The van der Waals surface area contributed by atoms with E-state index in [0.29, 0.717) is 0 Å². The van der Waals surface area contributed by atoms with E-state index in [0.717, 1.165) is 86.6 Å². The number of rotatable bonds is 14. The molecule has 0 aliphatic rings. The quantitative estimate of drug-likeness (QED) is 0.231. The molecule has 0 radical (unpaired) electrons. The molecule has 0 saturated carbocycles. The van der Waals surface area contributed by atoms with Gasteiger partial charge in [0.15, 0.2) is 5.82 Å². The van der Waals surface area contributed by atoms with E-state index in [-0.39, 0.29) is 5.92 Å². The van der Waals surface area contributed by atoms with Crippen LogP contribution in [0.1, 0.15) is 85.4 Å². The summed E-state index contributed by atoms with van der Waals surface area (Å²) < 4.78 is 0. The Morgan fingerprint density at radius 3 is 1.39 bits per heavy atom. The largest absolute Gasteiger partial charge is 0.372 e. The molecule has 1 heterocycles. The fourth-order valence-electron chi connectivity index (χ4n) is 4.61. The lowest BCUT2D eigenvalue weighted by Gasteiger charge is -2.24. The van der Waals surface area contributed by atoms with Gasteiger partial charge in [-0.1, -0.05) is 65.8 Å². The van der Waals surface area contributed by atoms with Gasteiger partial charge in [0.25, 0.3) is 0 Å². The minimum atomic E-state index is 0.271. The molecule has 1 aromatic heterocycles. The summed E-state index contributed by atoms with van der Waals surface area (Å²) in [5.41, 5.74) is 6.43. The van der Waals surface area contributed by atoms with Crippen molar-refractivity contribution in [3.05, 3.63) is 54.4 Å². The van der Waals surface area contributed by atoms with Crippen LogP contribution in [0.5, 0.6) is 0 Å². The number of hydrogen-bond acceptors (Lipinski definition) is 5. The summed E-state index contributed by atoms with van der Waals surface area (Å²) >= 11 is 0. The van der Waals surface area contributed by atoms with Gasteiger partial charge < -0.3 is 9.80 Å². The molecule has 0 N–H and O–H groups in total. The average Bonchev–Trinajstić information content (AvgIpc) is 2.92. The Bertz CT molecular complexity index is 1030. The molecule has 2 aromatic carbocycles. The van der Waals surface area contributed by atoms with Gasteiger partial charge in [0.1, 0.15) is 11.4 Å². The SMILES string of the molecule is CCCN(CCC)c1ccc(-c2nnc(C(C)CC)nc2-c2ccc(N(CCC)CCC)cc2)cc1. The molecule has 194 valence electrons. The van der Waals surface area contributed by atoms with E-state index in [2.05, 4.69) is 105 Å². The monoisotopic (exact) mass is 487 g/mol. The normalized spacial score (nSPS) is 11.9. The molecule has 1 atom stereocenters. The maximum atomic E-state index is 5.06. The second kappa shape index (κ2) is 14.0. The molecule has 0 spiro atoms. The maximum Gasteiger partial charge on any atom is 0.154 e. The summed E-state index contributed by atoms with van der Waals surface area (Å²) in [6.07, 6.45) is 5.56. The third kappa shape index (κ3) is 6.83. The minimum absolute atomic E-state index is 0.271. The Labute approximate surface area is 219 Å². The molecule has 0 bridgehead atoms. The van der Waals surface area contributed by atoms with Crippen LogP contribution in [0.4, 0.5) is 11.4 Å². The second-order valence-electron chi connectivity index (χ2n) is 9.74. The summed E-state index contributed by atoms with van der Waals surface area (Å²) in [7, 11) is 0. The molecule has 36 heavy (non-hydrogen) atoms. The lowest BCUT2D eigenvalue weighted by Crippen LogP contribution is -2.24. The predicted octanol–water partition coefficient (Wildman–Crippen LogP) is 7.97. The van der Waals surface area contributed by atoms with Crippen molar-refractivity contribution < 1.29 is 0 Å². The molecule has 3 aromatic rings. The lowest BCUT2D eigenvalue weighted by molar-refractivity contribution is 0.660. The Kier molecular flexibility index (Phi) is 10.7. The molecular weight excluding hydrogens is 442 g/mol. The van der Waals surface area contributed by atoms with Gasteiger partial charge in [0.2, 0.25) is 0 Å². The Morgan fingerprint density at radius 2 is 1.00 bits per heavy atom. The van der Waals surface area contributed by atoms with Gasteiger partial charge in [-0.15, -0.1) is 10.2 Å². The Balaban J connectivity index is 2.01. The minimum Gasteiger partial charge on any atom is -0.372 e. The predicted molar refractivity (Wildman–Crippen MR) is 155 cm³/mol. The molecule has 0 saturated heterocycles. The van der Waals surface area contributed by atoms with Crippen LogP contribution in [-0.4, -0.2) is 41.4 Å². The van der Waals surface area contributed by atoms with E-state index < -0.39 is 0 Å². The van der Waals surface area contributed by atoms with Crippen LogP contribution in [0.15, 0.2) is 48.5 Å². The van der Waals surface area contributed by atoms with Gasteiger partial charge in [-0.2, -0.15) is 0 Å². The van der Waals surface area contributed by atoms with Crippen molar-refractivity contribution in [2.24, 2.45) is 0 Å². The summed E-state index contributed by atoms with van der Waals surface area (Å²) in [5.74, 6) is 1.08. The highest BCUT2D eigenvalue weighted by molar-refractivity contribution is 5.79. The number of anilines is 2. The smallest absolute Gasteiger partial charge is 0.154 e. The van der Waals surface area contributed by atoms with Crippen LogP contribution in [0.2, 0.25) is 0 Å². The zero-order valence-electron chi connectivity index (χ0n) is 23.3. The molecule has 5 nitrogen and oxygen atoms in total. The average molecular weight is 488 g/mol. The zero-order valence-corrected chi connectivity index (χ0v) is 23.3.